The predicted molar refractivity (Wildman–Crippen MR) is 82.1 cm³/mol. The van der Waals surface area contributed by atoms with Crippen LogP contribution in [0.3, 0.4) is 0 Å². The summed E-state index contributed by atoms with van der Waals surface area (Å²) in [4.78, 5) is 0. The Labute approximate surface area is 122 Å². The molecule has 0 aliphatic heterocycles. The van der Waals surface area contributed by atoms with Crippen molar-refractivity contribution >= 4 is 21.6 Å². The number of halogens is 1. The Morgan fingerprint density at radius 2 is 1.74 bits per heavy atom. The van der Waals surface area contributed by atoms with Gasteiger partial charge in [0.15, 0.2) is 0 Å². The monoisotopic (exact) mass is 314 g/mol. The Kier molecular flexibility index (Phi) is 4.59. The number of benzene rings is 2. The minimum absolute atomic E-state index is 0.342. The maximum atomic E-state index is 8.75. The lowest BCUT2D eigenvalue weighted by atomic mass is 10.1. The number of hydrogen-bond donors (Lipinski definition) is 1. The molecule has 2 rings (SSSR count). The van der Waals surface area contributed by atoms with Crippen molar-refractivity contribution in [3.63, 3.8) is 0 Å². The highest BCUT2D eigenvalue weighted by Crippen LogP contribution is 2.15. The van der Waals surface area contributed by atoms with E-state index in [1.54, 1.807) is 0 Å². The highest BCUT2D eigenvalue weighted by Gasteiger charge is 2.03. The average Bonchev–Trinajstić information content (AvgIpc) is 2.42. The number of rotatable bonds is 4. The lowest BCUT2D eigenvalue weighted by Gasteiger charge is -2.15. The van der Waals surface area contributed by atoms with Crippen LogP contribution in [0.15, 0.2) is 53.0 Å². The van der Waals surface area contributed by atoms with E-state index >= 15 is 0 Å². The molecule has 1 N–H and O–H groups in total. The first-order chi connectivity index (χ1) is 9.17. The summed E-state index contributed by atoms with van der Waals surface area (Å²) in [6.07, 6.45) is 0.966. The molecule has 0 saturated carbocycles. The van der Waals surface area contributed by atoms with Crippen molar-refractivity contribution in [3.05, 3.63) is 64.1 Å². The van der Waals surface area contributed by atoms with Gasteiger partial charge in [0.1, 0.15) is 0 Å². The molecule has 0 aliphatic carbocycles. The molecule has 0 saturated heterocycles. The normalized spacial score (nSPS) is 11.6. The molecule has 0 heterocycles. The molecule has 96 valence electrons. The Balaban J connectivity index is 1.95. The number of nitriles is 1. The van der Waals surface area contributed by atoms with Crippen LogP contribution in [0.25, 0.3) is 0 Å². The summed E-state index contributed by atoms with van der Waals surface area (Å²) >= 11 is 3.44. The summed E-state index contributed by atoms with van der Waals surface area (Å²) in [6.45, 7) is 2.15. The summed E-state index contributed by atoms with van der Waals surface area (Å²) in [7, 11) is 0. The first-order valence-electron chi connectivity index (χ1n) is 6.18. The van der Waals surface area contributed by atoms with Gasteiger partial charge in [0, 0.05) is 16.2 Å². The van der Waals surface area contributed by atoms with E-state index in [4.69, 9.17) is 5.26 Å². The van der Waals surface area contributed by atoms with E-state index in [1.165, 1.54) is 5.56 Å². The molecule has 0 radical (unpaired) electrons. The molecule has 0 aliphatic rings. The Morgan fingerprint density at radius 1 is 1.11 bits per heavy atom. The van der Waals surface area contributed by atoms with Crippen molar-refractivity contribution in [1.29, 1.82) is 5.26 Å². The van der Waals surface area contributed by atoms with E-state index in [0.717, 1.165) is 16.6 Å². The smallest absolute Gasteiger partial charge is 0.0991 e. The molecule has 0 fully saturated rings. The molecule has 2 aromatic carbocycles. The van der Waals surface area contributed by atoms with Crippen LogP contribution in [-0.4, -0.2) is 6.04 Å². The predicted octanol–water partition coefficient (Wildman–Crippen LogP) is 4.36. The standard InChI is InChI=1S/C16H15BrN2/c1-12(10-13-2-6-15(17)7-3-13)19-16-8-4-14(11-18)5-9-16/h2-9,12,19H,10H2,1H3. The van der Waals surface area contributed by atoms with Crippen LogP contribution in [0, 0.1) is 11.3 Å². The number of nitrogens with one attached hydrogen (secondary N) is 1. The zero-order valence-electron chi connectivity index (χ0n) is 10.7. The van der Waals surface area contributed by atoms with Crippen molar-refractivity contribution in [3.8, 4) is 6.07 Å². The van der Waals surface area contributed by atoms with Crippen molar-refractivity contribution in [2.75, 3.05) is 5.32 Å². The van der Waals surface area contributed by atoms with Crippen LogP contribution in [0.4, 0.5) is 5.69 Å². The molecule has 2 aromatic rings. The minimum atomic E-state index is 0.342. The third-order valence-electron chi connectivity index (χ3n) is 2.88. The molecule has 0 spiro atoms. The van der Waals surface area contributed by atoms with Gasteiger partial charge >= 0.3 is 0 Å². The van der Waals surface area contributed by atoms with E-state index in [9.17, 15) is 0 Å². The van der Waals surface area contributed by atoms with Gasteiger partial charge in [-0.05, 0) is 55.3 Å². The fourth-order valence-corrected chi connectivity index (χ4v) is 2.21. The average molecular weight is 315 g/mol. The van der Waals surface area contributed by atoms with Crippen LogP contribution < -0.4 is 5.32 Å². The molecule has 0 aromatic heterocycles. The van der Waals surface area contributed by atoms with Gasteiger partial charge in [0.2, 0.25) is 0 Å². The summed E-state index contributed by atoms with van der Waals surface area (Å²) in [5, 5.41) is 12.2. The molecule has 0 bridgehead atoms. The second-order valence-corrected chi connectivity index (χ2v) is 5.48. The van der Waals surface area contributed by atoms with Gasteiger partial charge in [-0.2, -0.15) is 5.26 Å². The minimum Gasteiger partial charge on any atom is -0.382 e. The number of hydrogen-bond acceptors (Lipinski definition) is 2. The van der Waals surface area contributed by atoms with Gasteiger partial charge < -0.3 is 5.32 Å². The largest absolute Gasteiger partial charge is 0.382 e. The van der Waals surface area contributed by atoms with E-state index in [2.05, 4.69) is 58.5 Å². The first-order valence-corrected chi connectivity index (χ1v) is 6.98. The SMILES string of the molecule is CC(Cc1ccc(Br)cc1)Nc1ccc(C#N)cc1. The van der Waals surface area contributed by atoms with Crippen LogP contribution in [0.5, 0.6) is 0 Å². The molecule has 2 nitrogen and oxygen atoms in total. The summed E-state index contributed by atoms with van der Waals surface area (Å²) < 4.78 is 1.10. The van der Waals surface area contributed by atoms with Crippen LogP contribution in [0.2, 0.25) is 0 Å². The lowest BCUT2D eigenvalue weighted by Crippen LogP contribution is -2.17. The molecule has 0 amide bonds. The van der Waals surface area contributed by atoms with E-state index in [1.807, 2.05) is 24.3 Å². The molecular formula is C16H15BrN2. The van der Waals surface area contributed by atoms with Crippen molar-refractivity contribution in [2.45, 2.75) is 19.4 Å². The third-order valence-corrected chi connectivity index (χ3v) is 3.41. The second-order valence-electron chi connectivity index (χ2n) is 4.57. The molecule has 19 heavy (non-hydrogen) atoms. The first kappa shape index (κ1) is 13.6. The third kappa shape index (κ3) is 4.11. The number of anilines is 1. The van der Waals surface area contributed by atoms with Gasteiger partial charge in [-0.3, -0.25) is 0 Å². The van der Waals surface area contributed by atoms with Crippen LogP contribution in [-0.2, 0) is 6.42 Å². The lowest BCUT2D eigenvalue weighted by molar-refractivity contribution is 0.790. The van der Waals surface area contributed by atoms with Crippen molar-refractivity contribution in [2.24, 2.45) is 0 Å². The Morgan fingerprint density at radius 3 is 2.32 bits per heavy atom. The van der Waals surface area contributed by atoms with E-state index < -0.39 is 0 Å². The summed E-state index contributed by atoms with van der Waals surface area (Å²) in [6, 6.07) is 18.4. The molecule has 3 heteroatoms. The fourth-order valence-electron chi connectivity index (χ4n) is 1.95. The van der Waals surface area contributed by atoms with Crippen molar-refractivity contribution < 1.29 is 0 Å². The van der Waals surface area contributed by atoms with Gasteiger partial charge in [0.05, 0.1) is 11.6 Å². The zero-order valence-corrected chi connectivity index (χ0v) is 12.3. The maximum absolute atomic E-state index is 8.75. The second kappa shape index (κ2) is 6.40. The van der Waals surface area contributed by atoms with Gasteiger partial charge in [0.25, 0.3) is 0 Å². The Bertz CT molecular complexity index is 567. The van der Waals surface area contributed by atoms with E-state index in [-0.39, 0.29) is 0 Å². The highest BCUT2D eigenvalue weighted by atomic mass is 79.9. The summed E-state index contributed by atoms with van der Waals surface area (Å²) in [5.74, 6) is 0. The molecule has 1 unspecified atom stereocenters. The highest BCUT2D eigenvalue weighted by molar-refractivity contribution is 9.10. The van der Waals surface area contributed by atoms with E-state index in [0.29, 0.717) is 11.6 Å². The van der Waals surface area contributed by atoms with Crippen LogP contribution in [0.1, 0.15) is 18.1 Å². The number of nitrogens with zero attached hydrogens (tertiary/aromatic N) is 1. The topological polar surface area (TPSA) is 35.8 Å². The van der Waals surface area contributed by atoms with Crippen molar-refractivity contribution in [1.82, 2.24) is 0 Å². The maximum Gasteiger partial charge on any atom is 0.0991 e. The van der Waals surface area contributed by atoms with Crippen LogP contribution >= 0.6 is 15.9 Å². The molecular weight excluding hydrogens is 300 g/mol. The van der Waals surface area contributed by atoms with Gasteiger partial charge in [-0.25, -0.2) is 0 Å². The zero-order chi connectivity index (χ0) is 13.7. The summed E-state index contributed by atoms with van der Waals surface area (Å²) in [5.41, 5.74) is 3.03. The van der Waals surface area contributed by atoms with Gasteiger partial charge in [-0.1, -0.05) is 28.1 Å². The molecule has 1 atom stereocenters. The quantitative estimate of drug-likeness (QED) is 0.910. The fraction of sp³-hybridized carbons (Fsp3) is 0.188. The Hall–Kier alpha value is -1.79. The van der Waals surface area contributed by atoms with Gasteiger partial charge in [-0.15, -0.1) is 0 Å².